The molecular weight excluding hydrogens is 238 g/mol. The van der Waals surface area contributed by atoms with Gasteiger partial charge in [0.15, 0.2) is 0 Å². The molecule has 0 unspecified atom stereocenters. The van der Waals surface area contributed by atoms with Crippen LogP contribution in [0.4, 0.5) is 0 Å². The fourth-order valence-corrected chi connectivity index (χ4v) is 2.48. The lowest BCUT2D eigenvalue weighted by Gasteiger charge is -2.35. The molecule has 0 amide bonds. The van der Waals surface area contributed by atoms with Crippen LogP contribution in [-0.2, 0) is 13.6 Å². The predicted octanol–water partition coefficient (Wildman–Crippen LogP) is 1.73. The van der Waals surface area contributed by atoms with Gasteiger partial charge in [0.1, 0.15) is 0 Å². The Kier molecular flexibility index (Phi) is 3.48. The predicted molar refractivity (Wildman–Crippen MR) is 68.1 cm³/mol. The van der Waals surface area contributed by atoms with Gasteiger partial charge in [-0.05, 0) is 26.7 Å². The monoisotopic (exact) mass is 257 g/mol. The van der Waals surface area contributed by atoms with Crippen molar-refractivity contribution in [2.45, 2.75) is 38.8 Å². The van der Waals surface area contributed by atoms with Crippen LogP contribution in [-0.4, -0.2) is 38.5 Å². The van der Waals surface area contributed by atoms with Crippen molar-refractivity contribution in [1.82, 2.24) is 14.7 Å². The van der Waals surface area contributed by atoms with Crippen LogP contribution in [0.15, 0.2) is 0 Å². The van der Waals surface area contributed by atoms with Gasteiger partial charge >= 0.3 is 0 Å². The Balaban J connectivity index is 2.03. The lowest BCUT2D eigenvalue weighted by Crippen LogP contribution is -2.42. The standard InChI is InChI=1S/C12H20ClN3O/c1-9-11(13)10(15(3)14-9)8-16-6-4-12(2,17)5-7-16/h17H,4-8H2,1-3H3. The molecule has 4 nitrogen and oxygen atoms in total. The first-order chi connectivity index (χ1) is 7.89. The summed E-state index contributed by atoms with van der Waals surface area (Å²) >= 11 is 6.23. The summed E-state index contributed by atoms with van der Waals surface area (Å²) in [4.78, 5) is 2.32. The third-order valence-electron chi connectivity index (χ3n) is 3.57. The summed E-state index contributed by atoms with van der Waals surface area (Å²) in [5.74, 6) is 0. The molecule has 1 aliphatic rings. The van der Waals surface area contributed by atoms with Gasteiger partial charge in [-0.2, -0.15) is 5.10 Å². The highest BCUT2D eigenvalue weighted by molar-refractivity contribution is 6.31. The highest BCUT2D eigenvalue weighted by atomic mass is 35.5. The molecular formula is C12H20ClN3O. The first kappa shape index (κ1) is 12.9. The van der Waals surface area contributed by atoms with Crippen molar-refractivity contribution in [1.29, 1.82) is 0 Å². The second-order valence-electron chi connectivity index (χ2n) is 5.24. The van der Waals surface area contributed by atoms with Crippen molar-refractivity contribution in [2.75, 3.05) is 13.1 Å². The number of nitrogens with zero attached hydrogens (tertiary/aromatic N) is 3. The number of aryl methyl sites for hydroxylation is 2. The minimum absolute atomic E-state index is 0.497. The van der Waals surface area contributed by atoms with Crippen LogP contribution in [0.1, 0.15) is 31.2 Å². The number of rotatable bonds is 2. The van der Waals surface area contributed by atoms with E-state index in [2.05, 4.69) is 10.00 Å². The van der Waals surface area contributed by atoms with E-state index in [1.165, 1.54) is 0 Å². The third-order valence-corrected chi connectivity index (χ3v) is 4.06. The molecule has 0 aliphatic carbocycles. The highest BCUT2D eigenvalue weighted by Crippen LogP contribution is 2.25. The van der Waals surface area contributed by atoms with Gasteiger partial charge in [-0.15, -0.1) is 0 Å². The molecule has 17 heavy (non-hydrogen) atoms. The Morgan fingerprint density at radius 1 is 1.41 bits per heavy atom. The summed E-state index contributed by atoms with van der Waals surface area (Å²) in [6.45, 7) is 6.46. The van der Waals surface area contributed by atoms with E-state index in [1.807, 2.05) is 25.6 Å². The Hall–Kier alpha value is -0.580. The molecule has 1 aliphatic heterocycles. The van der Waals surface area contributed by atoms with Crippen molar-refractivity contribution in [3.63, 3.8) is 0 Å². The van der Waals surface area contributed by atoms with Crippen LogP contribution < -0.4 is 0 Å². The summed E-state index contributed by atoms with van der Waals surface area (Å²) in [6.07, 6.45) is 1.64. The maximum absolute atomic E-state index is 9.90. The number of hydrogen-bond acceptors (Lipinski definition) is 3. The van der Waals surface area contributed by atoms with E-state index in [1.54, 1.807) is 0 Å². The van der Waals surface area contributed by atoms with Crippen LogP contribution >= 0.6 is 11.6 Å². The van der Waals surface area contributed by atoms with E-state index in [0.717, 1.165) is 48.9 Å². The maximum atomic E-state index is 9.90. The maximum Gasteiger partial charge on any atom is 0.0860 e. The Morgan fingerprint density at radius 2 is 2.00 bits per heavy atom. The summed E-state index contributed by atoms with van der Waals surface area (Å²) < 4.78 is 1.85. The normalized spacial score (nSPS) is 20.8. The van der Waals surface area contributed by atoms with Gasteiger partial charge in [-0.1, -0.05) is 11.6 Å². The van der Waals surface area contributed by atoms with E-state index in [-0.39, 0.29) is 0 Å². The molecule has 0 aromatic carbocycles. The molecule has 1 aromatic heterocycles. The van der Waals surface area contributed by atoms with Gasteiger partial charge in [-0.25, -0.2) is 0 Å². The highest BCUT2D eigenvalue weighted by Gasteiger charge is 2.28. The van der Waals surface area contributed by atoms with Crippen LogP contribution in [0.2, 0.25) is 5.02 Å². The van der Waals surface area contributed by atoms with E-state index in [9.17, 15) is 5.11 Å². The first-order valence-electron chi connectivity index (χ1n) is 6.02. The molecule has 5 heteroatoms. The van der Waals surface area contributed by atoms with Crippen LogP contribution in [0.25, 0.3) is 0 Å². The molecule has 1 saturated heterocycles. The molecule has 1 fully saturated rings. The molecule has 1 N–H and O–H groups in total. The molecule has 2 rings (SSSR count). The third kappa shape index (κ3) is 2.81. The van der Waals surface area contributed by atoms with Gasteiger partial charge in [0.25, 0.3) is 0 Å². The summed E-state index contributed by atoms with van der Waals surface area (Å²) in [5, 5.41) is 15.0. The average molecular weight is 258 g/mol. The average Bonchev–Trinajstić information content (AvgIpc) is 2.48. The largest absolute Gasteiger partial charge is 0.390 e. The van der Waals surface area contributed by atoms with Gasteiger partial charge in [0.05, 0.1) is 22.0 Å². The van der Waals surface area contributed by atoms with E-state index >= 15 is 0 Å². The molecule has 0 radical (unpaired) electrons. The number of aromatic nitrogens is 2. The molecule has 0 bridgehead atoms. The lowest BCUT2D eigenvalue weighted by molar-refractivity contribution is -0.00778. The minimum atomic E-state index is -0.497. The van der Waals surface area contributed by atoms with E-state index in [0.29, 0.717) is 0 Å². The SMILES string of the molecule is Cc1nn(C)c(CN2CCC(C)(O)CC2)c1Cl. The number of likely N-dealkylation sites (tertiary alicyclic amines) is 1. The number of piperidine rings is 1. The smallest absolute Gasteiger partial charge is 0.0860 e. The summed E-state index contributed by atoms with van der Waals surface area (Å²) in [5.41, 5.74) is 1.45. The quantitative estimate of drug-likeness (QED) is 0.877. The Labute approximate surface area is 107 Å². The fraction of sp³-hybridized carbons (Fsp3) is 0.750. The van der Waals surface area contributed by atoms with Gasteiger partial charge < -0.3 is 5.11 Å². The molecule has 2 heterocycles. The minimum Gasteiger partial charge on any atom is -0.390 e. The van der Waals surface area contributed by atoms with Crippen molar-refractivity contribution >= 4 is 11.6 Å². The topological polar surface area (TPSA) is 41.3 Å². The van der Waals surface area contributed by atoms with Crippen LogP contribution in [0, 0.1) is 6.92 Å². The van der Waals surface area contributed by atoms with Crippen molar-refractivity contribution in [3.05, 3.63) is 16.4 Å². The van der Waals surface area contributed by atoms with Gasteiger partial charge in [-0.3, -0.25) is 9.58 Å². The van der Waals surface area contributed by atoms with E-state index in [4.69, 9.17) is 11.6 Å². The van der Waals surface area contributed by atoms with Crippen LogP contribution in [0.5, 0.6) is 0 Å². The van der Waals surface area contributed by atoms with Crippen molar-refractivity contribution < 1.29 is 5.11 Å². The molecule has 0 atom stereocenters. The molecule has 0 saturated carbocycles. The first-order valence-corrected chi connectivity index (χ1v) is 6.39. The number of hydrogen-bond donors (Lipinski definition) is 1. The van der Waals surface area contributed by atoms with E-state index < -0.39 is 5.60 Å². The Bertz CT molecular complexity index is 404. The van der Waals surface area contributed by atoms with Crippen molar-refractivity contribution in [2.24, 2.45) is 7.05 Å². The number of aliphatic hydroxyl groups is 1. The van der Waals surface area contributed by atoms with Crippen LogP contribution in [0.3, 0.4) is 0 Å². The lowest BCUT2D eigenvalue weighted by atomic mass is 9.94. The van der Waals surface area contributed by atoms with Gasteiger partial charge in [0, 0.05) is 26.7 Å². The second kappa shape index (κ2) is 4.59. The zero-order valence-electron chi connectivity index (χ0n) is 10.7. The van der Waals surface area contributed by atoms with Crippen molar-refractivity contribution in [3.8, 4) is 0 Å². The molecule has 0 spiro atoms. The summed E-state index contributed by atoms with van der Waals surface area (Å²) in [6, 6.07) is 0. The fourth-order valence-electron chi connectivity index (χ4n) is 2.26. The second-order valence-corrected chi connectivity index (χ2v) is 5.62. The molecule has 96 valence electrons. The summed E-state index contributed by atoms with van der Waals surface area (Å²) in [7, 11) is 1.92. The zero-order chi connectivity index (χ0) is 12.6. The Morgan fingerprint density at radius 3 is 2.47 bits per heavy atom. The van der Waals surface area contributed by atoms with Gasteiger partial charge in [0.2, 0.25) is 0 Å². The molecule has 1 aromatic rings. The zero-order valence-corrected chi connectivity index (χ0v) is 11.5. The number of halogens is 1.